The number of hydrogen-bond donors (Lipinski definition) is 1. The summed E-state index contributed by atoms with van der Waals surface area (Å²) in [5.74, 6) is -2.06. The van der Waals surface area contributed by atoms with Crippen LogP contribution in [0.1, 0.15) is 22.1 Å². The van der Waals surface area contributed by atoms with Gasteiger partial charge in [0.1, 0.15) is 11.6 Å². The van der Waals surface area contributed by atoms with Crippen LogP contribution < -0.4 is 5.32 Å². The SMILES string of the molecule is Cc1nc(C)c(C(=O)Nc2cc(-c3nc4ncc(-c5ccccc5)cn4n3)c(F)cc2F)o1. The number of hydrogen-bond acceptors (Lipinski definition) is 6. The number of halogens is 2. The van der Waals surface area contributed by atoms with Crippen molar-refractivity contribution in [1.82, 2.24) is 24.6 Å². The molecule has 0 saturated carbocycles. The topological polar surface area (TPSA) is 98.2 Å². The molecule has 0 aliphatic rings. The highest BCUT2D eigenvalue weighted by Gasteiger charge is 2.21. The molecule has 0 aliphatic carbocycles. The van der Waals surface area contributed by atoms with Gasteiger partial charge in [-0.2, -0.15) is 4.98 Å². The molecular weight excluding hydrogens is 430 g/mol. The number of anilines is 1. The Labute approximate surface area is 185 Å². The second kappa shape index (κ2) is 7.90. The second-order valence-corrected chi connectivity index (χ2v) is 7.30. The van der Waals surface area contributed by atoms with Gasteiger partial charge in [0, 0.05) is 30.9 Å². The molecule has 1 N–H and O–H groups in total. The first-order valence-electron chi connectivity index (χ1n) is 9.91. The van der Waals surface area contributed by atoms with Gasteiger partial charge >= 0.3 is 0 Å². The Balaban J connectivity index is 1.51. The third kappa shape index (κ3) is 3.82. The van der Waals surface area contributed by atoms with Crippen molar-refractivity contribution >= 4 is 17.4 Å². The van der Waals surface area contributed by atoms with Gasteiger partial charge in [-0.3, -0.25) is 4.79 Å². The average molecular weight is 446 g/mol. The van der Waals surface area contributed by atoms with Gasteiger partial charge in [-0.15, -0.1) is 5.10 Å². The fourth-order valence-electron chi connectivity index (χ4n) is 3.41. The molecule has 2 aromatic carbocycles. The summed E-state index contributed by atoms with van der Waals surface area (Å²) < 4.78 is 35.7. The van der Waals surface area contributed by atoms with Crippen LogP contribution in [-0.2, 0) is 0 Å². The minimum atomic E-state index is -0.952. The number of oxazole rings is 1. The molecule has 0 saturated heterocycles. The zero-order valence-electron chi connectivity index (χ0n) is 17.5. The third-order valence-corrected chi connectivity index (χ3v) is 4.96. The Kier molecular flexibility index (Phi) is 4.89. The molecular formula is C23H16F2N6O2. The molecule has 8 nitrogen and oxygen atoms in total. The summed E-state index contributed by atoms with van der Waals surface area (Å²) in [5, 5.41) is 6.68. The van der Waals surface area contributed by atoms with Crippen molar-refractivity contribution < 1.29 is 18.0 Å². The van der Waals surface area contributed by atoms with Gasteiger partial charge in [-0.05, 0) is 18.6 Å². The Bertz CT molecular complexity index is 1510. The van der Waals surface area contributed by atoms with E-state index in [4.69, 9.17) is 4.42 Å². The number of nitrogens with one attached hydrogen (secondary N) is 1. The quantitative estimate of drug-likeness (QED) is 0.434. The van der Waals surface area contributed by atoms with Gasteiger partial charge in [0.25, 0.3) is 11.7 Å². The highest BCUT2D eigenvalue weighted by atomic mass is 19.1. The van der Waals surface area contributed by atoms with Gasteiger partial charge in [0.15, 0.2) is 11.7 Å². The first kappa shape index (κ1) is 20.4. The largest absolute Gasteiger partial charge is 0.436 e. The molecule has 0 spiro atoms. The smallest absolute Gasteiger partial charge is 0.293 e. The second-order valence-electron chi connectivity index (χ2n) is 7.30. The lowest BCUT2D eigenvalue weighted by atomic mass is 10.1. The first-order chi connectivity index (χ1) is 15.9. The minimum absolute atomic E-state index is 0.00704. The summed E-state index contributed by atoms with van der Waals surface area (Å²) in [6.07, 6.45) is 3.35. The standard InChI is InChI=1S/C23H16F2N6O2/c1-12-20(33-13(2)27-12)22(32)28-19-8-16(17(24)9-18(19)25)21-29-23-26-10-15(11-31(23)30-21)14-6-4-3-5-7-14/h3-11H,1-2H3,(H,28,32). The first-order valence-corrected chi connectivity index (χ1v) is 9.91. The lowest BCUT2D eigenvalue weighted by Gasteiger charge is -2.07. The summed E-state index contributed by atoms with van der Waals surface area (Å²) in [6.45, 7) is 3.18. The van der Waals surface area contributed by atoms with E-state index in [9.17, 15) is 13.6 Å². The summed E-state index contributed by atoms with van der Waals surface area (Å²) in [4.78, 5) is 25.0. The van der Waals surface area contributed by atoms with Crippen LogP contribution in [0.2, 0.25) is 0 Å². The van der Waals surface area contributed by atoms with Crippen molar-refractivity contribution in [2.75, 3.05) is 5.32 Å². The molecule has 3 heterocycles. The van der Waals surface area contributed by atoms with E-state index in [2.05, 4.69) is 25.4 Å². The molecule has 0 aliphatic heterocycles. The number of benzene rings is 2. The molecule has 164 valence electrons. The number of carbonyl (C=O) groups is 1. The van der Waals surface area contributed by atoms with Crippen molar-refractivity contribution in [3.05, 3.63) is 83.8 Å². The third-order valence-electron chi connectivity index (χ3n) is 4.96. The summed E-state index contributed by atoms with van der Waals surface area (Å²) in [6, 6.07) is 11.4. The van der Waals surface area contributed by atoms with Gasteiger partial charge in [-0.25, -0.2) is 23.3 Å². The lowest BCUT2D eigenvalue weighted by molar-refractivity contribution is 0.0994. The van der Waals surface area contributed by atoms with Crippen LogP contribution in [0.3, 0.4) is 0 Å². The molecule has 3 aromatic heterocycles. The highest BCUT2D eigenvalue weighted by molar-refractivity contribution is 6.03. The summed E-state index contributed by atoms with van der Waals surface area (Å²) in [5.41, 5.74) is 1.74. The molecule has 0 fully saturated rings. The number of aromatic nitrogens is 5. The Hall–Kier alpha value is -4.47. The molecule has 33 heavy (non-hydrogen) atoms. The van der Waals surface area contributed by atoms with Gasteiger partial charge in [0.2, 0.25) is 5.76 Å². The predicted molar refractivity (Wildman–Crippen MR) is 116 cm³/mol. The Morgan fingerprint density at radius 3 is 2.55 bits per heavy atom. The number of amides is 1. The number of rotatable bonds is 4. The van der Waals surface area contributed by atoms with Gasteiger partial charge in [0.05, 0.1) is 16.9 Å². The van der Waals surface area contributed by atoms with Crippen LogP contribution in [0.25, 0.3) is 28.3 Å². The number of nitrogens with zero attached hydrogens (tertiary/aromatic N) is 5. The van der Waals surface area contributed by atoms with E-state index in [1.807, 2.05) is 30.3 Å². The van der Waals surface area contributed by atoms with E-state index in [1.54, 1.807) is 26.2 Å². The van der Waals surface area contributed by atoms with Crippen LogP contribution in [0, 0.1) is 25.5 Å². The van der Waals surface area contributed by atoms with Crippen molar-refractivity contribution in [3.8, 4) is 22.5 Å². The molecule has 0 radical (unpaired) electrons. The fraction of sp³-hybridized carbons (Fsp3) is 0.0870. The van der Waals surface area contributed by atoms with Crippen LogP contribution >= 0.6 is 0 Å². The fourth-order valence-corrected chi connectivity index (χ4v) is 3.41. The van der Waals surface area contributed by atoms with E-state index < -0.39 is 17.5 Å². The van der Waals surface area contributed by atoms with Crippen molar-refractivity contribution in [2.24, 2.45) is 0 Å². The normalized spacial score (nSPS) is 11.2. The van der Waals surface area contributed by atoms with Crippen LogP contribution in [0.5, 0.6) is 0 Å². The predicted octanol–water partition coefficient (Wildman–Crippen LogP) is 4.59. The zero-order valence-corrected chi connectivity index (χ0v) is 17.5. The highest BCUT2D eigenvalue weighted by Crippen LogP contribution is 2.28. The Morgan fingerprint density at radius 1 is 1.03 bits per heavy atom. The number of carbonyl (C=O) groups excluding carboxylic acids is 1. The number of aryl methyl sites for hydroxylation is 2. The monoisotopic (exact) mass is 446 g/mol. The van der Waals surface area contributed by atoms with E-state index in [0.29, 0.717) is 17.7 Å². The number of fused-ring (bicyclic) bond motifs is 1. The van der Waals surface area contributed by atoms with Crippen molar-refractivity contribution in [1.29, 1.82) is 0 Å². The maximum absolute atomic E-state index is 14.6. The van der Waals surface area contributed by atoms with E-state index >= 15 is 0 Å². The lowest BCUT2D eigenvalue weighted by Crippen LogP contribution is -2.14. The molecule has 0 unspecified atom stereocenters. The zero-order chi connectivity index (χ0) is 23.1. The molecule has 0 bridgehead atoms. The van der Waals surface area contributed by atoms with Gasteiger partial charge < -0.3 is 9.73 Å². The van der Waals surface area contributed by atoms with E-state index in [1.165, 1.54) is 4.52 Å². The van der Waals surface area contributed by atoms with Gasteiger partial charge in [-0.1, -0.05) is 30.3 Å². The summed E-state index contributed by atoms with van der Waals surface area (Å²) >= 11 is 0. The van der Waals surface area contributed by atoms with Crippen LogP contribution in [-0.4, -0.2) is 30.5 Å². The minimum Gasteiger partial charge on any atom is -0.436 e. The molecule has 5 rings (SSSR count). The maximum Gasteiger partial charge on any atom is 0.293 e. The Morgan fingerprint density at radius 2 is 1.82 bits per heavy atom. The van der Waals surface area contributed by atoms with Crippen LogP contribution in [0.4, 0.5) is 14.5 Å². The van der Waals surface area contributed by atoms with E-state index in [0.717, 1.165) is 17.2 Å². The molecule has 0 atom stereocenters. The summed E-state index contributed by atoms with van der Waals surface area (Å²) in [7, 11) is 0. The molecule has 10 heteroatoms. The van der Waals surface area contributed by atoms with E-state index in [-0.39, 0.29) is 28.6 Å². The molecule has 5 aromatic rings. The maximum atomic E-state index is 14.6. The average Bonchev–Trinajstić information content (AvgIpc) is 3.37. The molecule has 1 amide bonds. The van der Waals surface area contributed by atoms with Crippen molar-refractivity contribution in [3.63, 3.8) is 0 Å². The van der Waals surface area contributed by atoms with Crippen LogP contribution in [0.15, 0.2) is 59.3 Å². The van der Waals surface area contributed by atoms with Crippen molar-refractivity contribution in [2.45, 2.75) is 13.8 Å².